The van der Waals surface area contributed by atoms with Gasteiger partial charge >= 0.3 is 5.97 Å². The Bertz CT molecular complexity index is 606. The standard InChI is InChI=1S/C17H26NO6P/c1-3-22-15(19)7-9-25(21,23-4-2)10-8-18-11-12-13-5-6-14(24-13)16(12)17(18)20/h5-6,12-14,16H,3-4,7-11H2,1-2H3. The highest BCUT2D eigenvalue weighted by Crippen LogP contribution is 2.49. The third kappa shape index (κ3) is 3.83. The van der Waals surface area contributed by atoms with Crippen molar-refractivity contribution >= 4 is 19.2 Å². The van der Waals surface area contributed by atoms with Gasteiger partial charge in [0.25, 0.3) is 0 Å². The third-order valence-electron chi connectivity index (χ3n) is 5.11. The van der Waals surface area contributed by atoms with Crippen LogP contribution in [0.5, 0.6) is 0 Å². The Hall–Kier alpha value is -1.17. The smallest absolute Gasteiger partial charge is 0.306 e. The molecular weight excluding hydrogens is 345 g/mol. The molecule has 0 aromatic carbocycles. The van der Waals surface area contributed by atoms with Gasteiger partial charge in [-0.2, -0.15) is 0 Å². The molecule has 3 aliphatic heterocycles. The minimum atomic E-state index is -2.96. The van der Waals surface area contributed by atoms with Crippen LogP contribution in [-0.2, 0) is 28.2 Å². The number of nitrogens with zero attached hydrogens (tertiary/aromatic N) is 1. The number of amides is 1. The molecule has 2 bridgehead atoms. The van der Waals surface area contributed by atoms with Gasteiger partial charge in [-0.25, -0.2) is 0 Å². The van der Waals surface area contributed by atoms with Crippen LogP contribution < -0.4 is 0 Å². The second kappa shape index (κ2) is 7.60. The van der Waals surface area contributed by atoms with Crippen molar-refractivity contribution in [3.8, 4) is 0 Å². The maximum atomic E-state index is 13.0. The van der Waals surface area contributed by atoms with E-state index < -0.39 is 7.37 Å². The average molecular weight is 371 g/mol. The maximum Gasteiger partial charge on any atom is 0.306 e. The number of hydrogen-bond donors (Lipinski definition) is 0. The van der Waals surface area contributed by atoms with E-state index in [-0.39, 0.29) is 54.7 Å². The molecule has 0 aromatic rings. The predicted molar refractivity (Wildman–Crippen MR) is 91.6 cm³/mol. The summed E-state index contributed by atoms with van der Waals surface area (Å²) in [6.45, 7) is 5.18. The highest BCUT2D eigenvalue weighted by atomic mass is 31.2. The Labute approximate surface area is 148 Å². The fourth-order valence-electron chi connectivity index (χ4n) is 3.93. The zero-order chi connectivity index (χ0) is 18.0. The molecule has 0 N–H and O–H groups in total. The lowest BCUT2D eigenvalue weighted by Crippen LogP contribution is -2.33. The lowest BCUT2D eigenvalue weighted by Gasteiger charge is -2.23. The molecule has 5 unspecified atom stereocenters. The first-order valence-electron chi connectivity index (χ1n) is 8.98. The molecule has 1 amide bonds. The molecule has 3 aliphatic rings. The van der Waals surface area contributed by atoms with E-state index in [0.717, 1.165) is 0 Å². The number of likely N-dealkylation sites (tertiary alicyclic amines) is 1. The maximum absolute atomic E-state index is 13.0. The van der Waals surface area contributed by atoms with Gasteiger partial charge in [-0.05, 0) is 13.8 Å². The Kier molecular flexibility index (Phi) is 5.66. The highest BCUT2D eigenvalue weighted by Gasteiger charge is 2.55. The molecule has 0 aromatic heterocycles. The van der Waals surface area contributed by atoms with Gasteiger partial charge < -0.3 is 18.9 Å². The summed E-state index contributed by atoms with van der Waals surface area (Å²) in [6.07, 6.45) is 4.44. The SMILES string of the molecule is CCOC(=O)CCP(=O)(CCN1CC2C3C=CC(O3)C2C1=O)OCC. The van der Waals surface area contributed by atoms with Crippen LogP contribution in [0.15, 0.2) is 12.2 Å². The molecule has 0 spiro atoms. The molecule has 0 radical (unpaired) electrons. The van der Waals surface area contributed by atoms with E-state index in [1.54, 1.807) is 18.7 Å². The molecule has 5 atom stereocenters. The number of ether oxygens (including phenoxy) is 2. The molecular formula is C17H26NO6P. The number of esters is 1. The van der Waals surface area contributed by atoms with Crippen molar-refractivity contribution in [1.29, 1.82) is 0 Å². The van der Waals surface area contributed by atoms with Crippen molar-refractivity contribution in [2.75, 3.05) is 38.6 Å². The number of rotatable bonds is 9. The Morgan fingerprint density at radius 2 is 2.04 bits per heavy atom. The van der Waals surface area contributed by atoms with Crippen molar-refractivity contribution in [2.45, 2.75) is 32.5 Å². The Morgan fingerprint density at radius 3 is 2.72 bits per heavy atom. The average Bonchev–Trinajstić information content (AvgIpc) is 3.26. The molecule has 7 nitrogen and oxygen atoms in total. The van der Waals surface area contributed by atoms with Crippen molar-refractivity contribution < 1.29 is 28.2 Å². The van der Waals surface area contributed by atoms with Crippen LogP contribution in [-0.4, -0.2) is 67.6 Å². The summed E-state index contributed by atoms with van der Waals surface area (Å²) in [7, 11) is -2.96. The summed E-state index contributed by atoms with van der Waals surface area (Å²) >= 11 is 0. The van der Waals surface area contributed by atoms with Crippen LogP contribution >= 0.6 is 7.37 Å². The van der Waals surface area contributed by atoms with Crippen LogP contribution in [0, 0.1) is 11.8 Å². The Balaban J connectivity index is 1.54. The van der Waals surface area contributed by atoms with E-state index in [1.807, 2.05) is 12.2 Å². The van der Waals surface area contributed by atoms with Crippen LogP contribution in [0.1, 0.15) is 20.3 Å². The van der Waals surface area contributed by atoms with Crippen molar-refractivity contribution in [3.63, 3.8) is 0 Å². The number of carbonyl (C=O) groups excluding carboxylic acids is 2. The molecule has 25 heavy (non-hydrogen) atoms. The summed E-state index contributed by atoms with van der Waals surface area (Å²) in [5, 5.41) is 0. The van der Waals surface area contributed by atoms with Crippen molar-refractivity contribution in [1.82, 2.24) is 4.90 Å². The van der Waals surface area contributed by atoms with Gasteiger partial charge in [0.1, 0.15) is 0 Å². The fraction of sp³-hybridized carbons (Fsp3) is 0.765. The lowest BCUT2D eigenvalue weighted by atomic mass is 9.86. The van der Waals surface area contributed by atoms with E-state index in [2.05, 4.69) is 0 Å². The second-order valence-corrected chi connectivity index (χ2v) is 9.44. The normalized spacial score (nSPS) is 32.1. The first-order chi connectivity index (χ1) is 12.0. The van der Waals surface area contributed by atoms with Gasteiger partial charge in [-0.15, -0.1) is 0 Å². The second-order valence-electron chi connectivity index (χ2n) is 6.66. The summed E-state index contributed by atoms with van der Waals surface area (Å²) < 4.78 is 29.1. The topological polar surface area (TPSA) is 82.1 Å². The van der Waals surface area contributed by atoms with Crippen molar-refractivity contribution in [3.05, 3.63) is 12.2 Å². The van der Waals surface area contributed by atoms with Crippen LogP contribution in [0.2, 0.25) is 0 Å². The third-order valence-corrected chi connectivity index (χ3v) is 7.62. The minimum absolute atomic E-state index is 0.0338. The van der Waals surface area contributed by atoms with Crippen molar-refractivity contribution in [2.24, 2.45) is 11.8 Å². The molecule has 2 saturated heterocycles. The quantitative estimate of drug-likeness (QED) is 0.348. The van der Waals surface area contributed by atoms with Crippen LogP contribution in [0.3, 0.4) is 0 Å². The summed E-state index contributed by atoms with van der Waals surface area (Å²) in [6, 6.07) is 0. The van der Waals surface area contributed by atoms with Gasteiger partial charge in [0.05, 0.1) is 37.8 Å². The van der Waals surface area contributed by atoms with Crippen LogP contribution in [0.25, 0.3) is 0 Å². The fourth-order valence-corrected chi connectivity index (χ4v) is 5.95. The van der Waals surface area contributed by atoms with Crippen LogP contribution in [0.4, 0.5) is 0 Å². The lowest BCUT2D eigenvalue weighted by molar-refractivity contribution is -0.142. The molecule has 8 heteroatoms. The van der Waals surface area contributed by atoms with E-state index in [1.165, 1.54) is 0 Å². The molecule has 2 fully saturated rings. The monoisotopic (exact) mass is 371 g/mol. The summed E-state index contributed by atoms with van der Waals surface area (Å²) in [5.41, 5.74) is 0. The first kappa shape index (κ1) is 18.6. The summed E-state index contributed by atoms with van der Waals surface area (Å²) in [5.74, 6) is -0.182. The predicted octanol–water partition coefficient (Wildman–Crippen LogP) is 1.67. The molecule has 0 saturated carbocycles. The number of carbonyl (C=O) groups is 2. The largest absolute Gasteiger partial charge is 0.466 e. The van der Waals surface area contributed by atoms with Gasteiger partial charge in [0, 0.05) is 31.3 Å². The van der Waals surface area contributed by atoms with Gasteiger partial charge in [0.2, 0.25) is 13.3 Å². The molecule has 3 heterocycles. The number of hydrogen-bond acceptors (Lipinski definition) is 6. The molecule has 3 rings (SSSR count). The molecule has 0 aliphatic carbocycles. The molecule has 140 valence electrons. The summed E-state index contributed by atoms with van der Waals surface area (Å²) in [4.78, 5) is 25.9. The first-order valence-corrected chi connectivity index (χ1v) is 11.0. The van der Waals surface area contributed by atoms with E-state index >= 15 is 0 Å². The Morgan fingerprint density at radius 1 is 1.28 bits per heavy atom. The zero-order valence-electron chi connectivity index (χ0n) is 14.8. The number of fused-ring (bicyclic) bond motifs is 5. The minimum Gasteiger partial charge on any atom is -0.466 e. The van der Waals surface area contributed by atoms with E-state index in [0.29, 0.717) is 26.3 Å². The van der Waals surface area contributed by atoms with Gasteiger partial charge in [0.15, 0.2) is 0 Å². The van der Waals surface area contributed by atoms with E-state index in [9.17, 15) is 14.2 Å². The van der Waals surface area contributed by atoms with Gasteiger partial charge in [-0.1, -0.05) is 12.2 Å². The van der Waals surface area contributed by atoms with Gasteiger partial charge in [-0.3, -0.25) is 14.2 Å². The van der Waals surface area contributed by atoms with E-state index in [4.69, 9.17) is 14.0 Å². The highest BCUT2D eigenvalue weighted by molar-refractivity contribution is 7.59. The zero-order valence-corrected chi connectivity index (χ0v) is 15.7.